The molecule has 0 unspecified atom stereocenters. The molecular formula is C35H42F3N5O3. The van der Waals surface area contributed by atoms with Gasteiger partial charge in [0.2, 0.25) is 0 Å². The normalized spacial score (nSPS) is 21.2. The number of aromatic nitrogens is 1. The van der Waals surface area contributed by atoms with Crippen molar-refractivity contribution in [1.29, 1.82) is 0 Å². The Balaban J connectivity index is 1.13. The summed E-state index contributed by atoms with van der Waals surface area (Å²) in [5, 5.41) is 10.1. The number of alkyl halides is 3. The first-order chi connectivity index (χ1) is 22.2. The molecule has 8 nitrogen and oxygen atoms in total. The van der Waals surface area contributed by atoms with Gasteiger partial charge in [-0.05, 0) is 87.3 Å². The number of halogens is 3. The molecule has 2 aliphatic heterocycles. The van der Waals surface area contributed by atoms with Gasteiger partial charge in [-0.25, -0.2) is 0 Å². The van der Waals surface area contributed by atoms with Crippen LogP contribution in [0.1, 0.15) is 61.0 Å². The summed E-state index contributed by atoms with van der Waals surface area (Å²) in [6.45, 7) is 2.15. The maximum absolute atomic E-state index is 13.7. The second-order valence-corrected chi connectivity index (χ2v) is 12.6. The van der Waals surface area contributed by atoms with Gasteiger partial charge in [-0.3, -0.25) is 4.79 Å². The third-order valence-electron chi connectivity index (χ3n) is 9.81. The third kappa shape index (κ3) is 7.08. The summed E-state index contributed by atoms with van der Waals surface area (Å²) in [4.78, 5) is 14.6. The number of amides is 1. The van der Waals surface area contributed by atoms with Crippen LogP contribution in [0.15, 0.2) is 42.5 Å². The SMILES string of the molecule is CNC(=O)c1ccc(NCC#Cc2cc3c(NC4CCC(N5CCC6(CCO6)CC5)CC4)cccc3n2CC(F)(F)F)c(OC)c1. The van der Waals surface area contributed by atoms with E-state index in [1.165, 1.54) is 18.1 Å². The summed E-state index contributed by atoms with van der Waals surface area (Å²) >= 11 is 0. The van der Waals surface area contributed by atoms with Crippen LogP contribution in [0.2, 0.25) is 0 Å². The van der Waals surface area contributed by atoms with Gasteiger partial charge < -0.3 is 34.9 Å². The molecule has 1 saturated carbocycles. The van der Waals surface area contributed by atoms with Crippen LogP contribution in [0.3, 0.4) is 0 Å². The maximum atomic E-state index is 13.7. The number of rotatable bonds is 8. The number of hydrogen-bond acceptors (Lipinski definition) is 6. The molecule has 11 heteroatoms. The number of nitrogens with one attached hydrogen (secondary N) is 3. The number of anilines is 2. The van der Waals surface area contributed by atoms with E-state index in [9.17, 15) is 18.0 Å². The summed E-state index contributed by atoms with van der Waals surface area (Å²) in [6.07, 6.45) is 3.32. The van der Waals surface area contributed by atoms with Crippen LogP contribution in [0.25, 0.3) is 10.9 Å². The zero-order chi connectivity index (χ0) is 32.3. The summed E-state index contributed by atoms with van der Waals surface area (Å²) in [5.41, 5.74) is 2.87. The molecule has 0 bridgehead atoms. The van der Waals surface area contributed by atoms with Crippen LogP contribution in [0, 0.1) is 11.8 Å². The lowest BCUT2D eigenvalue weighted by molar-refractivity contribution is -0.176. The number of nitrogens with zero attached hydrogens (tertiary/aromatic N) is 2. The molecule has 2 saturated heterocycles. The van der Waals surface area contributed by atoms with E-state index >= 15 is 0 Å². The number of benzene rings is 2. The fourth-order valence-corrected chi connectivity index (χ4v) is 7.15. The molecule has 6 rings (SSSR count). The minimum atomic E-state index is -4.40. The summed E-state index contributed by atoms with van der Waals surface area (Å²) in [7, 11) is 3.05. The lowest BCUT2D eigenvalue weighted by Gasteiger charge is -2.50. The van der Waals surface area contributed by atoms with Crippen molar-refractivity contribution in [1.82, 2.24) is 14.8 Å². The molecule has 3 heterocycles. The van der Waals surface area contributed by atoms with Crippen LogP contribution < -0.4 is 20.7 Å². The van der Waals surface area contributed by atoms with E-state index in [1.54, 1.807) is 37.4 Å². The monoisotopic (exact) mass is 637 g/mol. The van der Waals surface area contributed by atoms with Gasteiger partial charge in [0.05, 0.1) is 42.8 Å². The van der Waals surface area contributed by atoms with Crippen molar-refractivity contribution >= 4 is 28.2 Å². The highest BCUT2D eigenvalue weighted by atomic mass is 19.4. The van der Waals surface area contributed by atoms with Gasteiger partial charge in [-0.1, -0.05) is 12.0 Å². The molecule has 0 radical (unpaired) electrons. The molecular weight excluding hydrogens is 595 g/mol. The highest BCUT2D eigenvalue weighted by Crippen LogP contribution is 2.39. The van der Waals surface area contributed by atoms with Crippen molar-refractivity contribution in [3.05, 3.63) is 53.7 Å². The van der Waals surface area contributed by atoms with E-state index in [4.69, 9.17) is 9.47 Å². The number of ether oxygens (including phenoxy) is 2. The molecule has 3 aromatic rings. The van der Waals surface area contributed by atoms with E-state index in [-0.39, 0.29) is 24.1 Å². The molecule has 3 fully saturated rings. The molecule has 3 aliphatic rings. The quantitative estimate of drug-likeness (QED) is 0.263. The van der Waals surface area contributed by atoms with E-state index in [0.717, 1.165) is 69.3 Å². The minimum Gasteiger partial charge on any atom is -0.495 e. The van der Waals surface area contributed by atoms with Crippen molar-refractivity contribution in [3.63, 3.8) is 0 Å². The summed E-state index contributed by atoms with van der Waals surface area (Å²) in [6, 6.07) is 13.1. The molecule has 1 aromatic heterocycles. The van der Waals surface area contributed by atoms with Crippen molar-refractivity contribution < 1.29 is 27.4 Å². The third-order valence-corrected chi connectivity index (χ3v) is 9.81. The maximum Gasteiger partial charge on any atom is 0.406 e. The van der Waals surface area contributed by atoms with Crippen molar-refractivity contribution in [2.45, 2.75) is 75.4 Å². The van der Waals surface area contributed by atoms with Crippen LogP contribution in [-0.2, 0) is 11.3 Å². The van der Waals surface area contributed by atoms with E-state index < -0.39 is 12.7 Å². The lowest BCUT2D eigenvalue weighted by atomic mass is 9.82. The number of piperidine rings is 1. The Morgan fingerprint density at radius 3 is 2.48 bits per heavy atom. The Bertz CT molecular complexity index is 1600. The number of carbonyl (C=O) groups is 1. The predicted molar refractivity (Wildman–Crippen MR) is 174 cm³/mol. The number of hydrogen-bond donors (Lipinski definition) is 3. The average Bonchev–Trinajstić information content (AvgIpc) is 3.38. The number of methoxy groups -OCH3 is 1. The Labute approximate surface area is 268 Å². The van der Waals surface area contributed by atoms with Gasteiger partial charge in [0, 0.05) is 48.9 Å². The van der Waals surface area contributed by atoms with E-state index in [0.29, 0.717) is 34.3 Å². The lowest BCUT2D eigenvalue weighted by Crippen LogP contribution is -2.54. The van der Waals surface area contributed by atoms with Gasteiger partial charge in [0.15, 0.2) is 0 Å². The smallest absolute Gasteiger partial charge is 0.406 e. The zero-order valence-electron chi connectivity index (χ0n) is 26.4. The van der Waals surface area contributed by atoms with Crippen molar-refractivity contribution in [2.24, 2.45) is 0 Å². The van der Waals surface area contributed by atoms with E-state index in [1.807, 2.05) is 12.1 Å². The average molecular weight is 638 g/mol. The largest absolute Gasteiger partial charge is 0.495 e. The molecule has 46 heavy (non-hydrogen) atoms. The Morgan fingerprint density at radius 2 is 1.83 bits per heavy atom. The molecule has 1 aliphatic carbocycles. The van der Waals surface area contributed by atoms with Crippen LogP contribution in [0.4, 0.5) is 24.5 Å². The van der Waals surface area contributed by atoms with Gasteiger partial charge in [-0.2, -0.15) is 13.2 Å². The summed E-state index contributed by atoms with van der Waals surface area (Å²) < 4.78 is 53.7. The Kier molecular flexibility index (Phi) is 9.39. The van der Waals surface area contributed by atoms with Crippen molar-refractivity contribution in [2.75, 3.05) is 51.0 Å². The second-order valence-electron chi connectivity index (χ2n) is 12.6. The Hall–Kier alpha value is -3.88. The summed E-state index contributed by atoms with van der Waals surface area (Å²) in [5.74, 6) is 6.16. The van der Waals surface area contributed by atoms with Crippen LogP contribution >= 0.6 is 0 Å². The van der Waals surface area contributed by atoms with Gasteiger partial charge in [0.1, 0.15) is 12.3 Å². The highest BCUT2D eigenvalue weighted by Gasteiger charge is 2.42. The standard InChI is InChI=1S/C35H42F3N5O3/c1-39-33(44)24-8-13-30(32(21-24)45-2)40-17-4-5-27-22-28-29(6-3-7-31(28)43(27)23-35(36,37)38)41-25-9-11-26(12-10-25)42-18-14-34(15-19-42)16-20-46-34/h3,6-8,13,21-22,25-26,40-41H,9-12,14-20,23H2,1-2H3,(H,39,44). The molecule has 3 N–H and O–H groups in total. The predicted octanol–water partition coefficient (Wildman–Crippen LogP) is 6.01. The van der Waals surface area contributed by atoms with Crippen LogP contribution in [0.5, 0.6) is 5.75 Å². The first-order valence-electron chi connectivity index (χ1n) is 16.1. The fraction of sp³-hybridized carbons (Fsp3) is 0.514. The molecule has 2 aromatic carbocycles. The van der Waals surface area contributed by atoms with Gasteiger partial charge >= 0.3 is 6.18 Å². The molecule has 1 spiro atoms. The van der Waals surface area contributed by atoms with E-state index in [2.05, 4.69) is 32.7 Å². The molecule has 0 atom stereocenters. The first kappa shape index (κ1) is 32.1. The van der Waals surface area contributed by atoms with Crippen LogP contribution in [-0.4, -0.2) is 79.6 Å². The fourth-order valence-electron chi connectivity index (χ4n) is 7.15. The number of fused-ring (bicyclic) bond motifs is 1. The first-order valence-corrected chi connectivity index (χ1v) is 16.1. The Morgan fingerprint density at radius 1 is 1.07 bits per heavy atom. The number of likely N-dealkylation sites (tertiary alicyclic amines) is 1. The minimum absolute atomic E-state index is 0.158. The highest BCUT2D eigenvalue weighted by molar-refractivity contribution is 5.95. The van der Waals surface area contributed by atoms with Gasteiger partial charge in [0.25, 0.3) is 5.91 Å². The molecule has 1 amide bonds. The van der Waals surface area contributed by atoms with Gasteiger partial charge in [-0.15, -0.1) is 0 Å². The second kappa shape index (κ2) is 13.5. The number of carbonyl (C=O) groups excluding carboxylic acids is 1. The zero-order valence-corrected chi connectivity index (χ0v) is 26.4. The topological polar surface area (TPSA) is 79.8 Å². The van der Waals surface area contributed by atoms with Crippen molar-refractivity contribution in [3.8, 4) is 17.6 Å². The molecule has 246 valence electrons.